The molecule has 0 unspecified atom stereocenters. The molecule has 3 aliphatic rings. The van der Waals surface area contributed by atoms with E-state index in [-0.39, 0.29) is 0 Å². The highest BCUT2D eigenvalue weighted by atomic mass is 32.2. The zero-order valence-electron chi connectivity index (χ0n) is 18.1. The lowest BCUT2D eigenvalue weighted by atomic mass is 9.84. The average Bonchev–Trinajstić information content (AvgIpc) is 2.83. The Hall–Kier alpha value is -2.66. The summed E-state index contributed by atoms with van der Waals surface area (Å²) in [6.07, 6.45) is 2.43. The molecule has 1 aromatic heterocycles. The zero-order valence-corrected chi connectivity index (χ0v) is 19.0. The number of nitrogens with zero attached hydrogens (tertiary/aromatic N) is 2. The van der Waals surface area contributed by atoms with Gasteiger partial charge in [-0.3, -0.25) is 0 Å². The lowest BCUT2D eigenvalue weighted by molar-refractivity contribution is 0.284. The first kappa shape index (κ1) is 20.3. The van der Waals surface area contributed by atoms with Crippen molar-refractivity contribution in [2.75, 3.05) is 30.9 Å². The fourth-order valence-corrected chi connectivity index (χ4v) is 5.32. The predicted octanol–water partition coefficient (Wildman–Crippen LogP) is 6.15. The van der Waals surface area contributed by atoms with E-state index < -0.39 is 0 Å². The third-order valence-corrected chi connectivity index (χ3v) is 6.99. The fraction of sp³-hybridized carbons (Fsp3) is 0.346. The summed E-state index contributed by atoms with van der Waals surface area (Å²) in [6.45, 7) is 4.95. The van der Waals surface area contributed by atoms with Gasteiger partial charge >= 0.3 is 0 Å². The molecule has 31 heavy (non-hydrogen) atoms. The monoisotopic (exact) mass is 432 g/mol. The van der Waals surface area contributed by atoms with E-state index in [0.29, 0.717) is 12.5 Å². The van der Waals surface area contributed by atoms with Crippen molar-refractivity contribution in [3.05, 3.63) is 65.9 Å². The number of piperidine rings is 1. The van der Waals surface area contributed by atoms with Crippen molar-refractivity contribution in [1.29, 1.82) is 0 Å². The first-order valence-corrected chi connectivity index (χ1v) is 12.0. The van der Waals surface area contributed by atoms with E-state index in [9.17, 15) is 0 Å². The van der Waals surface area contributed by atoms with Crippen molar-refractivity contribution in [2.45, 2.75) is 37.3 Å². The number of methoxy groups -OCH3 is 1. The highest BCUT2D eigenvalue weighted by molar-refractivity contribution is 7.99. The van der Waals surface area contributed by atoms with Crippen molar-refractivity contribution in [1.82, 2.24) is 4.98 Å². The summed E-state index contributed by atoms with van der Waals surface area (Å²) in [7, 11) is 1.69. The fourth-order valence-electron chi connectivity index (χ4n) is 4.66. The lowest BCUT2D eigenvalue weighted by Gasteiger charge is -2.42. The SMILES string of the molecule is CCSc1cc(-c2ccc(OC)c(OCc3ccccc3)c2)c2c(n1)C1CCN2CC1. The van der Waals surface area contributed by atoms with Gasteiger partial charge in [0, 0.05) is 24.6 Å². The molecule has 5 heteroatoms. The number of aromatic nitrogens is 1. The number of rotatable bonds is 7. The van der Waals surface area contributed by atoms with Crippen molar-refractivity contribution in [2.24, 2.45) is 0 Å². The molecule has 0 radical (unpaired) electrons. The van der Waals surface area contributed by atoms with Crippen molar-refractivity contribution < 1.29 is 9.47 Å². The number of thioether (sulfide) groups is 1. The van der Waals surface area contributed by atoms with Gasteiger partial charge in [-0.1, -0.05) is 43.3 Å². The van der Waals surface area contributed by atoms with E-state index >= 15 is 0 Å². The molecule has 3 aromatic rings. The number of anilines is 1. The van der Waals surface area contributed by atoms with Crippen LogP contribution >= 0.6 is 11.8 Å². The molecule has 4 nitrogen and oxygen atoms in total. The standard InChI is InChI=1S/C26H28N2O2S/c1-3-31-24-16-21(26-25(27-24)19-11-13-28(26)14-12-19)20-9-10-22(29-2)23(15-20)30-17-18-7-5-4-6-8-18/h4-10,15-16,19H,3,11-14,17H2,1-2H3. The number of pyridine rings is 1. The van der Waals surface area contributed by atoms with Crippen LogP contribution < -0.4 is 14.4 Å². The van der Waals surface area contributed by atoms with Gasteiger partial charge in [-0.05, 0) is 47.9 Å². The molecule has 1 saturated heterocycles. The van der Waals surface area contributed by atoms with Crippen LogP contribution in [0.3, 0.4) is 0 Å². The Morgan fingerprint density at radius 1 is 1.03 bits per heavy atom. The van der Waals surface area contributed by atoms with E-state index in [0.717, 1.165) is 46.5 Å². The number of fused-ring (bicyclic) bond motifs is 2. The molecule has 4 heterocycles. The minimum atomic E-state index is 0.514. The van der Waals surface area contributed by atoms with E-state index in [4.69, 9.17) is 14.5 Å². The third kappa shape index (κ3) is 3.99. The van der Waals surface area contributed by atoms with E-state index in [2.05, 4.69) is 42.2 Å². The highest BCUT2D eigenvalue weighted by Crippen LogP contribution is 2.48. The second-order valence-electron chi connectivity index (χ2n) is 8.08. The minimum Gasteiger partial charge on any atom is -0.493 e. The summed E-state index contributed by atoms with van der Waals surface area (Å²) >= 11 is 1.82. The lowest BCUT2D eigenvalue weighted by Crippen LogP contribution is -2.39. The maximum absolute atomic E-state index is 6.20. The smallest absolute Gasteiger partial charge is 0.162 e. The number of hydrogen-bond donors (Lipinski definition) is 0. The molecule has 2 aromatic carbocycles. The molecule has 0 amide bonds. The predicted molar refractivity (Wildman–Crippen MR) is 128 cm³/mol. The van der Waals surface area contributed by atoms with Crippen LogP contribution in [0.25, 0.3) is 11.1 Å². The molecule has 3 aliphatic heterocycles. The van der Waals surface area contributed by atoms with Crippen molar-refractivity contribution >= 4 is 17.4 Å². The van der Waals surface area contributed by atoms with Gasteiger partial charge in [-0.2, -0.15) is 0 Å². The molecule has 6 rings (SSSR count). The number of ether oxygens (including phenoxy) is 2. The Balaban J connectivity index is 1.55. The van der Waals surface area contributed by atoms with Crippen LogP contribution in [0.2, 0.25) is 0 Å². The van der Waals surface area contributed by atoms with Crippen LogP contribution in [-0.2, 0) is 6.61 Å². The minimum absolute atomic E-state index is 0.514. The second kappa shape index (κ2) is 8.83. The zero-order chi connectivity index (χ0) is 21.2. The van der Waals surface area contributed by atoms with Gasteiger partial charge in [-0.25, -0.2) is 4.98 Å². The molecule has 0 aliphatic carbocycles. The van der Waals surface area contributed by atoms with Gasteiger partial charge in [0.25, 0.3) is 0 Å². The normalized spacial score (nSPS) is 15.1. The van der Waals surface area contributed by atoms with Gasteiger partial charge in [-0.15, -0.1) is 11.8 Å². The third-order valence-electron chi connectivity index (χ3n) is 6.20. The molecule has 1 fully saturated rings. The molecular weight excluding hydrogens is 404 g/mol. The topological polar surface area (TPSA) is 34.6 Å². The van der Waals surface area contributed by atoms with Crippen molar-refractivity contribution in [3.63, 3.8) is 0 Å². The Morgan fingerprint density at radius 3 is 2.58 bits per heavy atom. The Bertz CT molecular complexity index is 1060. The quantitative estimate of drug-likeness (QED) is 0.419. The summed E-state index contributed by atoms with van der Waals surface area (Å²) in [5.41, 5.74) is 6.17. The molecular formula is C26H28N2O2S. The summed E-state index contributed by atoms with van der Waals surface area (Å²) in [5, 5.41) is 1.12. The summed E-state index contributed by atoms with van der Waals surface area (Å²) < 4.78 is 11.8. The molecule has 0 atom stereocenters. The van der Waals surface area contributed by atoms with Crippen LogP contribution in [0.4, 0.5) is 5.69 Å². The van der Waals surface area contributed by atoms with E-state index in [1.165, 1.54) is 29.8 Å². The number of benzene rings is 2. The molecule has 160 valence electrons. The van der Waals surface area contributed by atoms with Crippen LogP contribution in [0, 0.1) is 0 Å². The van der Waals surface area contributed by atoms with Crippen LogP contribution in [0.5, 0.6) is 11.5 Å². The van der Waals surface area contributed by atoms with Crippen LogP contribution in [0.15, 0.2) is 59.6 Å². The molecule has 0 N–H and O–H groups in total. The van der Waals surface area contributed by atoms with Gasteiger partial charge in [0.15, 0.2) is 11.5 Å². The largest absolute Gasteiger partial charge is 0.493 e. The molecule has 0 spiro atoms. The molecule has 2 bridgehead atoms. The summed E-state index contributed by atoms with van der Waals surface area (Å²) in [5.74, 6) is 3.14. The van der Waals surface area contributed by atoms with Gasteiger partial charge in [0.2, 0.25) is 0 Å². The van der Waals surface area contributed by atoms with Crippen LogP contribution in [0.1, 0.15) is 36.9 Å². The van der Waals surface area contributed by atoms with Crippen LogP contribution in [-0.4, -0.2) is 30.9 Å². The van der Waals surface area contributed by atoms with Crippen molar-refractivity contribution in [3.8, 4) is 22.6 Å². The van der Waals surface area contributed by atoms with E-state index in [1.54, 1.807) is 7.11 Å². The summed E-state index contributed by atoms with van der Waals surface area (Å²) in [4.78, 5) is 7.59. The molecule has 0 saturated carbocycles. The van der Waals surface area contributed by atoms with Gasteiger partial charge in [0.05, 0.1) is 23.5 Å². The van der Waals surface area contributed by atoms with E-state index in [1.807, 2.05) is 36.0 Å². The Labute approximate surface area is 188 Å². The van der Waals surface area contributed by atoms with Gasteiger partial charge < -0.3 is 14.4 Å². The summed E-state index contributed by atoms with van der Waals surface area (Å²) in [6, 6.07) is 18.8. The maximum atomic E-state index is 6.20. The maximum Gasteiger partial charge on any atom is 0.162 e. The van der Waals surface area contributed by atoms with Gasteiger partial charge in [0.1, 0.15) is 6.61 Å². The second-order valence-corrected chi connectivity index (χ2v) is 9.36. The Morgan fingerprint density at radius 2 is 1.84 bits per heavy atom. The first-order chi connectivity index (χ1) is 15.3. The first-order valence-electron chi connectivity index (χ1n) is 11.0. The highest BCUT2D eigenvalue weighted by Gasteiger charge is 2.34. The average molecular weight is 433 g/mol. The Kier molecular flexibility index (Phi) is 5.77. The number of hydrogen-bond acceptors (Lipinski definition) is 5.